The lowest BCUT2D eigenvalue weighted by Crippen LogP contribution is -2.30. The van der Waals surface area contributed by atoms with Crippen LogP contribution in [0.5, 0.6) is 0 Å². The lowest BCUT2D eigenvalue weighted by atomic mass is 9.99. The van der Waals surface area contributed by atoms with Crippen LogP contribution in [0.15, 0.2) is 44.9 Å². The third-order valence-corrected chi connectivity index (χ3v) is 8.79. The Bertz CT molecular complexity index is 1480. The molecule has 1 saturated heterocycles. The van der Waals surface area contributed by atoms with E-state index in [2.05, 4.69) is 26.4 Å². The summed E-state index contributed by atoms with van der Waals surface area (Å²) in [7, 11) is 1.28. The van der Waals surface area contributed by atoms with Gasteiger partial charge in [-0.3, -0.25) is 0 Å². The molecule has 3 heterocycles. The van der Waals surface area contributed by atoms with Gasteiger partial charge in [-0.05, 0) is 50.7 Å². The van der Waals surface area contributed by atoms with Gasteiger partial charge in [0, 0.05) is 46.8 Å². The molecule has 0 atom stereocenters. The maximum absolute atomic E-state index is 14.1. The third kappa shape index (κ3) is 5.91. The predicted octanol–water partition coefficient (Wildman–Crippen LogP) is 7.26. The van der Waals surface area contributed by atoms with Gasteiger partial charge in [0.15, 0.2) is 10.9 Å². The molecular weight excluding hydrogens is 562 g/mol. The number of anilines is 1. The number of halogens is 3. The van der Waals surface area contributed by atoms with E-state index in [0.29, 0.717) is 27.7 Å². The van der Waals surface area contributed by atoms with Crippen molar-refractivity contribution in [3.63, 3.8) is 0 Å². The van der Waals surface area contributed by atoms with Crippen LogP contribution in [0.2, 0.25) is 0 Å². The van der Waals surface area contributed by atoms with Gasteiger partial charge >= 0.3 is 5.97 Å². The highest BCUT2D eigenvalue weighted by Crippen LogP contribution is 2.45. The molecule has 0 spiro atoms. The Hall–Kier alpha value is -2.72. The van der Waals surface area contributed by atoms with E-state index in [9.17, 15) is 9.18 Å². The van der Waals surface area contributed by atoms with Crippen LogP contribution >= 0.6 is 34.5 Å². The van der Waals surface area contributed by atoms with Gasteiger partial charge in [-0.2, -0.15) is 0 Å². The van der Waals surface area contributed by atoms with E-state index in [1.165, 1.54) is 30.1 Å². The minimum atomic E-state index is -0.542. The summed E-state index contributed by atoms with van der Waals surface area (Å²) in [5.41, 5.74) is 10.1. The zero-order valence-corrected chi connectivity index (χ0v) is 23.9. The quantitative estimate of drug-likeness (QED) is 0.247. The number of nitrogens with two attached hydrogens (primary N) is 1. The number of hydrogen-bond donors (Lipinski definition) is 1. The normalized spacial score (nSPS) is 17.7. The molecule has 2 fully saturated rings. The zero-order valence-electron chi connectivity index (χ0n) is 21.6. The molecule has 6 rings (SSSR count). The molecule has 1 saturated carbocycles. The minimum absolute atomic E-state index is 0.213. The monoisotopic (exact) mass is 590 g/mol. The SMILES string of the molecule is C=C1CCN(c2nc3c(F)cc(C(=O)OC)cc3s2)CC1.NCc1c(C2=C(Cl)CCC=C2Cl)noc1C1CC1. The number of benzene rings is 1. The van der Waals surface area contributed by atoms with Crippen LogP contribution in [0.3, 0.4) is 0 Å². The van der Waals surface area contributed by atoms with Gasteiger partial charge in [0.25, 0.3) is 0 Å². The maximum atomic E-state index is 14.1. The van der Waals surface area contributed by atoms with Crippen LogP contribution in [-0.2, 0) is 11.3 Å². The summed E-state index contributed by atoms with van der Waals surface area (Å²) in [5, 5.41) is 6.33. The molecule has 206 valence electrons. The Balaban J connectivity index is 0.000000160. The lowest BCUT2D eigenvalue weighted by molar-refractivity contribution is 0.0600. The first kappa shape index (κ1) is 27.8. The molecule has 0 bridgehead atoms. The van der Waals surface area contributed by atoms with Gasteiger partial charge in [-0.25, -0.2) is 14.2 Å². The van der Waals surface area contributed by atoms with E-state index in [0.717, 1.165) is 84.4 Å². The molecule has 2 aliphatic carbocycles. The fourth-order valence-corrected chi connectivity index (χ4v) is 6.40. The van der Waals surface area contributed by atoms with E-state index in [1.54, 1.807) is 6.07 Å². The van der Waals surface area contributed by atoms with Gasteiger partial charge < -0.3 is 19.9 Å². The fraction of sp³-hybridized carbons (Fsp3) is 0.393. The number of rotatable bonds is 5. The molecule has 7 nitrogen and oxygen atoms in total. The van der Waals surface area contributed by atoms with Crippen molar-refractivity contribution in [2.45, 2.75) is 51.0 Å². The Morgan fingerprint density at radius 2 is 2.03 bits per heavy atom. The molecule has 0 unspecified atom stereocenters. The number of fused-ring (bicyclic) bond motifs is 1. The lowest BCUT2D eigenvalue weighted by Gasteiger charge is -2.27. The van der Waals surface area contributed by atoms with Gasteiger partial charge in [-0.1, -0.05) is 57.9 Å². The standard InChI is InChI=1S/C15H15FN2O2S.C13H14Cl2N2O/c1-9-3-5-18(6-4-9)15-17-13-11(16)7-10(14(19)20-2)8-12(13)21-15;14-9-2-1-3-10(15)11(9)12-8(6-16)13(18-17-12)7-4-5-7/h7-8H,1,3-6H2,2H3;2,7H,1,3-6,16H2. The van der Waals surface area contributed by atoms with Gasteiger partial charge in [0.05, 0.1) is 17.4 Å². The van der Waals surface area contributed by atoms with Crippen LogP contribution in [0.25, 0.3) is 15.8 Å². The van der Waals surface area contributed by atoms with Crippen molar-refractivity contribution in [2.75, 3.05) is 25.1 Å². The highest BCUT2D eigenvalue weighted by molar-refractivity contribution is 7.22. The number of aromatic nitrogens is 2. The summed E-state index contributed by atoms with van der Waals surface area (Å²) in [5.74, 6) is 0.367. The molecule has 0 radical (unpaired) electrons. The molecular formula is C28H29Cl2FN4O3S. The first-order valence-corrected chi connectivity index (χ1v) is 14.4. The summed E-state index contributed by atoms with van der Waals surface area (Å²) in [6.45, 7) is 6.09. The van der Waals surface area contributed by atoms with E-state index in [1.807, 2.05) is 6.08 Å². The van der Waals surface area contributed by atoms with Crippen molar-refractivity contribution in [2.24, 2.45) is 5.73 Å². The van der Waals surface area contributed by atoms with E-state index in [-0.39, 0.29) is 5.56 Å². The number of ether oxygens (including phenoxy) is 1. The Labute approximate surface area is 240 Å². The Morgan fingerprint density at radius 3 is 2.67 bits per heavy atom. The Morgan fingerprint density at radius 1 is 1.28 bits per heavy atom. The van der Waals surface area contributed by atoms with Crippen molar-refractivity contribution >= 4 is 61.4 Å². The van der Waals surface area contributed by atoms with E-state index < -0.39 is 11.8 Å². The van der Waals surface area contributed by atoms with Crippen molar-refractivity contribution < 1.29 is 18.4 Å². The largest absolute Gasteiger partial charge is 0.465 e. The van der Waals surface area contributed by atoms with E-state index >= 15 is 0 Å². The molecule has 2 aromatic heterocycles. The van der Waals surface area contributed by atoms with Crippen LogP contribution in [-0.4, -0.2) is 36.3 Å². The second kappa shape index (κ2) is 11.8. The van der Waals surface area contributed by atoms with Gasteiger partial charge in [0.1, 0.15) is 17.0 Å². The molecule has 1 aromatic carbocycles. The van der Waals surface area contributed by atoms with Gasteiger partial charge in [-0.15, -0.1) is 0 Å². The third-order valence-electron chi connectivity index (χ3n) is 7.00. The highest BCUT2D eigenvalue weighted by Gasteiger charge is 2.33. The molecule has 3 aliphatic rings. The van der Waals surface area contributed by atoms with Crippen molar-refractivity contribution in [1.82, 2.24) is 10.1 Å². The summed E-state index contributed by atoms with van der Waals surface area (Å²) < 4.78 is 24.8. The number of carbonyl (C=O) groups is 1. The number of carbonyl (C=O) groups excluding carboxylic acids is 1. The molecule has 3 aromatic rings. The summed E-state index contributed by atoms with van der Waals surface area (Å²) in [4.78, 5) is 18.0. The number of nitrogens with zero attached hydrogens (tertiary/aromatic N) is 3. The molecule has 11 heteroatoms. The fourth-order valence-electron chi connectivity index (χ4n) is 4.67. The summed E-state index contributed by atoms with van der Waals surface area (Å²) >= 11 is 13.9. The smallest absolute Gasteiger partial charge is 0.338 e. The second-order valence-corrected chi connectivity index (χ2v) is 11.6. The zero-order chi connectivity index (χ0) is 27.7. The van der Waals surface area contributed by atoms with E-state index in [4.69, 9.17) is 33.5 Å². The van der Waals surface area contributed by atoms with Crippen LogP contribution < -0.4 is 10.6 Å². The number of thiazole rings is 1. The van der Waals surface area contributed by atoms with Crippen LogP contribution in [0.4, 0.5) is 9.52 Å². The average molecular weight is 592 g/mol. The van der Waals surface area contributed by atoms with Crippen molar-refractivity contribution in [3.8, 4) is 0 Å². The average Bonchev–Trinajstić information content (AvgIpc) is 3.54. The van der Waals surface area contributed by atoms with Crippen LogP contribution in [0.1, 0.15) is 71.8 Å². The number of hydrogen-bond acceptors (Lipinski definition) is 8. The maximum Gasteiger partial charge on any atom is 0.338 e. The number of allylic oxidation sites excluding steroid dienone is 4. The van der Waals surface area contributed by atoms with Crippen LogP contribution in [0, 0.1) is 5.82 Å². The Kier molecular flexibility index (Phi) is 8.42. The number of piperidine rings is 1. The first-order valence-electron chi connectivity index (χ1n) is 12.8. The molecule has 0 amide bonds. The summed E-state index contributed by atoms with van der Waals surface area (Å²) in [6, 6.07) is 2.81. The topological polar surface area (TPSA) is 94.5 Å². The number of methoxy groups -OCH3 is 1. The highest BCUT2D eigenvalue weighted by atomic mass is 35.5. The predicted molar refractivity (Wildman–Crippen MR) is 154 cm³/mol. The first-order chi connectivity index (χ1) is 18.8. The van der Waals surface area contributed by atoms with Gasteiger partial charge in [0.2, 0.25) is 0 Å². The molecule has 2 N–H and O–H groups in total. The number of esters is 1. The van der Waals surface area contributed by atoms with Crippen molar-refractivity contribution in [3.05, 3.63) is 68.8 Å². The second-order valence-electron chi connectivity index (χ2n) is 9.75. The molecule has 1 aliphatic heterocycles. The molecule has 39 heavy (non-hydrogen) atoms. The summed E-state index contributed by atoms with van der Waals surface area (Å²) in [6.07, 6.45) is 7.80. The van der Waals surface area contributed by atoms with Crippen molar-refractivity contribution in [1.29, 1.82) is 0 Å². The minimum Gasteiger partial charge on any atom is -0.465 e.